The lowest BCUT2D eigenvalue weighted by molar-refractivity contribution is 0.0109. The quantitative estimate of drug-likeness (QED) is 0.686. The first kappa shape index (κ1) is 18.0. The van der Waals surface area contributed by atoms with Crippen molar-refractivity contribution in [3.63, 3.8) is 0 Å². The fourth-order valence-electron chi connectivity index (χ4n) is 4.62. The van der Waals surface area contributed by atoms with E-state index in [1.807, 2.05) is 54.3 Å². The van der Waals surface area contributed by atoms with Gasteiger partial charge in [-0.25, -0.2) is 0 Å². The lowest BCUT2D eigenvalue weighted by Gasteiger charge is -2.48. The molecule has 2 aromatic heterocycles. The van der Waals surface area contributed by atoms with E-state index in [-0.39, 0.29) is 17.4 Å². The molecule has 29 heavy (non-hydrogen) atoms. The van der Waals surface area contributed by atoms with Gasteiger partial charge in [-0.1, -0.05) is 41.6 Å². The van der Waals surface area contributed by atoms with Crippen LogP contribution >= 0.6 is 0 Å². The maximum Gasteiger partial charge on any atom is 0.272 e. The van der Waals surface area contributed by atoms with Gasteiger partial charge in [0.15, 0.2) is 0 Å². The SMILES string of the molecule is Cc1cccnc1C(=O)N1CC2(CC(c3nc(-c4ccccc4)no3)N(C)C2)C1. The van der Waals surface area contributed by atoms with Crippen molar-refractivity contribution in [2.24, 2.45) is 5.41 Å². The van der Waals surface area contributed by atoms with E-state index >= 15 is 0 Å². The molecule has 1 spiro atoms. The van der Waals surface area contributed by atoms with E-state index in [0.29, 0.717) is 17.4 Å². The van der Waals surface area contributed by atoms with Gasteiger partial charge < -0.3 is 9.42 Å². The number of likely N-dealkylation sites (tertiary alicyclic amines) is 2. The zero-order valence-corrected chi connectivity index (χ0v) is 16.6. The average Bonchev–Trinajstić information content (AvgIpc) is 3.32. The van der Waals surface area contributed by atoms with Crippen LogP contribution < -0.4 is 0 Å². The molecule has 1 unspecified atom stereocenters. The molecule has 148 valence electrons. The first-order valence-electron chi connectivity index (χ1n) is 9.85. The van der Waals surface area contributed by atoms with Gasteiger partial charge in [0.25, 0.3) is 5.91 Å². The van der Waals surface area contributed by atoms with E-state index in [9.17, 15) is 4.79 Å². The van der Waals surface area contributed by atoms with E-state index in [2.05, 4.69) is 27.1 Å². The summed E-state index contributed by atoms with van der Waals surface area (Å²) >= 11 is 0. The van der Waals surface area contributed by atoms with Crippen molar-refractivity contribution in [1.29, 1.82) is 0 Å². The Bertz CT molecular complexity index is 1040. The Balaban J connectivity index is 1.28. The molecule has 0 N–H and O–H groups in total. The van der Waals surface area contributed by atoms with Crippen LogP contribution in [0.5, 0.6) is 0 Å². The Morgan fingerprint density at radius 3 is 2.69 bits per heavy atom. The summed E-state index contributed by atoms with van der Waals surface area (Å²) < 4.78 is 5.60. The number of carbonyl (C=O) groups excluding carboxylic acids is 1. The summed E-state index contributed by atoms with van der Waals surface area (Å²) in [4.78, 5) is 25.9. The number of benzene rings is 1. The van der Waals surface area contributed by atoms with Crippen LogP contribution in [0.4, 0.5) is 0 Å². The molecule has 0 aliphatic carbocycles. The minimum absolute atomic E-state index is 0.0176. The van der Waals surface area contributed by atoms with E-state index in [4.69, 9.17) is 4.52 Å². The lowest BCUT2D eigenvalue weighted by Crippen LogP contribution is -2.59. The van der Waals surface area contributed by atoms with Crippen LogP contribution in [0.1, 0.15) is 34.4 Å². The number of aryl methyl sites for hydroxylation is 1. The molecule has 0 saturated carbocycles. The monoisotopic (exact) mass is 389 g/mol. The van der Waals surface area contributed by atoms with Gasteiger partial charge in [-0.3, -0.25) is 14.7 Å². The maximum atomic E-state index is 12.8. The Morgan fingerprint density at radius 2 is 1.93 bits per heavy atom. The summed E-state index contributed by atoms with van der Waals surface area (Å²) in [6.07, 6.45) is 2.58. The van der Waals surface area contributed by atoms with Gasteiger partial charge in [0, 0.05) is 36.8 Å². The van der Waals surface area contributed by atoms with Crippen molar-refractivity contribution in [2.45, 2.75) is 19.4 Å². The first-order valence-corrected chi connectivity index (χ1v) is 9.85. The summed E-state index contributed by atoms with van der Waals surface area (Å²) in [5.41, 5.74) is 2.50. The highest BCUT2D eigenvalue weighted by molar-refractivity contribution is 5.94. The number of nitrogens with zero attached hydrogens (tertiary/aromatic N) is 5. The third-order valence-corrected chi connectivity index (χ3v) is 6.05. The topological polar surface area (TPSA) is 75.4 Å². The summed E-state index contributed by atoms with van der Waals surface area (Å²) in [6, 6.07) is 13.7. The molecule has 5 rings (SSSR count). The van der Waals surface area contributed by atoms with Gasteiger partial charge in [-0.05, 0) is 32.0 Å². The van der Waals surface area contributed by atoms with E-state index < -0.39 is 0 Å². The van der Waals surface area contributed by atoms with Crippen LogP contribution in [-0.2, 0) is 0 Å². The maximum absolute atomic E-state index is 12.8. The Morgan fingerprint density at radius 1 is 1.14 bits per heavy atom. The Kier molecular flexibility index (Phi) is 4.20. The van der Waals surface area contributed by atoms with Crippen LogP contribution in [0.2, 0.25) is 0 Å². The molecule has 7 nitrogen and oxygen atoms in total. The van der Waals surface area contributed by atoms with Crippen molar-refractivity contribution in [2.75, 3.05) is 26.7 Å². The lowest BCUT2D eigenvalue weighted by atomic mass is 9.77. The molecule has 2 aliphatic heterocycles. The number of aromatic nitrogens is 3. The van der Waals surface area contributed by atoms with Crippen molar-refractivity contribution >= 4 is 5.91 Å². The molecule has 0 bridgehead atoms. The van der Waals surface area contributed by atoms with Crippen LogP contribution in [0.25, 0.3) is 11.4 Å². The highest BCUT2D eigenvalue weighted by Gasteiger charge is 2.53. The Hall–Kier alpha value is -3.06. The Labute approximate surface area is 169 Å². The average molecular weight is 389 g/mol. The first-order chi connectivity index (χ1) is 14.0. The van der Waals surface area contributed by atoms with E-state index in [0.717, 1.165) is 37.2 Å². The number of hydrogen-bond donors (Lipinski definition) is 0. The molecule has 2 aliphatic rings. The molecule has 0 radical (unpaired) electrons. The van der Waals surface area contributed by atoms with Crippen molar-refractivity contribution < 1.29 is 9.32 Å². The molecule has 4 heterocycles. The molecule has 2 fully saturated rings. The van der Waals surface area contributed by atoms with Crippen molar-refractivity contribution in [3.8, 4) is 11.4 Å². The zero-order chi connectivity index (χ0) is 20.0. The molecule has 1 atom stereocenters. The van der Waals surface area contributed by atoms with Gasteiger partial charge in [0.1, 0.15) is 5.69 Å². The van der Waals surface area contributed by atoms with E-state index in [1.165, 1.54) is 0 Å². The van der Waals surface area contributed by atoms with Crippen LogP contribution in [0.3, 0.4) is 0 Å². The molecule has 1 amide bonds. The fraction of sp³-hybridized carbons (Fsp3) is 0.364. The smallest absolute Gasteiger partial charge is 0.272 e. The highest BCUT2D eigenvalue weighted by atomic mass is 16.5. The molecule has 2 saturated heterocycles. The fourth-order valence-corrected chi connectivity index (χ4v) is 4.62. The van der Waals surface area contributed by atoms with Crippen molar-refractivity contribution in [1.82, 2.24) is 24.9 Å². The standard InChI is InChI=1S/C22H23N5O2/c1-15-7-6-10-23-18(15)21(28)27-13-22(14-27)11-17(26(2)12-22)20-24-19(25-29-20)16-8-4-3-5-9-16/h3-10,17H,11-14H2,1-2H3. The van der Waals surface area contributed by atoms with Gasteiger partial charge in [0.05, 0.1) is 6.04 Å². The summed E-state index contributed by atoms with van der Waals surface area (Å²) in [5.74, 6) is 1.28. The minimum atomic E-state index is 0.0176. The third-order valence-electron chi connectivity index (χ3n) is 6.05. The largest absolute Gasteiger partial charge is 0.337 e. The van der Waals surface area contributed by atoms with E-state index in [1.54, 1.807) is 6.20 Å². The summed E-state index contributed by atoms with van der Waals surface area (Å²) in [7, 11) is 2.08. The van der Waals surface area contributed by atoms with Gasteiger partial charge in [-0.2, -0.15) is 4.98 Å². The number of pyridine rings is 1. The predicted molar refractivity (Wildman–Crippen MR) is 107 cm³/mol. The number of carbonyl (C=O) groups is 1. The predicted octanol–water partition coefficient (Wildman–Crippen LogP) is 2.96. The second-order valence-corrected chi connectivity index (χ2v) is 8.29. The molecular formula is C22H23N5O2. The van der Waals surface area contributed by atoms with Crippen LogP contribution in [-0.4, -0.2) is 57.5 Å². The highest BCUT2D eigenvalue weighted by Crippen LogP contribution is 2.47. The van der Waals surface area contributed by atoms with Gasteiger partial charge >= 0.3 is 0 Å². The number of amides is 1. The van der Waals surface area contributed by atoms with Crippen LogP contribution in [0.15, 0.2) is 53.2 Å². The van der Waals surface area contributed by atoms with Gasteiger partial charge in [0.2, 0.25) is 11.7 Å². The van der Waals surface area contributed by atoms with Crippen LogP contribution in [0, 0.1) is 12.3 Å². The normalized spacial score (nSPS) is 20.8. The van der Waals surface area contributed by atoms with Crippen molar-refractivity contribution in [3.05, 3.63) is 65.8 Å². The second-order valence-electron chi connectivity index (χ2n) is 8.29. The molecule has 3 aromatic rings. The molecule has 7 heteroatoms. The van der Waals surface area contributed by atoms with Gasteiger partial charge in [-0.15, -0.1) is 0 Å². The third kappa shape index (κ3) is 3.11. The number of hydrogen-bond acceptors (Lipinski definition) is 6. The minimum Gasteiger partial charge on any atom is -0.337 e. The molecular weight excluding hydrogens is 366 g/mol. The second kappa shape index (κ2) is 6.77. The summed E-state index contributed by atoms with van der Waals surface area (Å²) in [5, 5.41) is 4.16. The summed E-state index contributed by atoms with van der Waals surface area (Å²) in [6.45, 7) is 4.31. The zero-order valence-electron chi connectivity index (χ0n) is 16.6. The molecule has 1 aromatic carbocycles. The number of rotatable bonds is 3.